The van der Waals surface area contributed by atoms with E-state index < -0.39 is 5.79 Å². The van der Waals surface area contributed by atoms with E-state index >= 15 is 0 Å². The van der Waals surface area contributed by atoms with Gasteiger partial charge in [0.1, 0.15) is 6.10 Å². The molecule has 1 unspecified atom stereocenters. The summed E-state index contributed by atoms with van der Waals surface area (Å²) in [6.07, 6.45) is 2.25. The average Bonchev–Trinajstić information content (AvgIpc) is 2.44. The Morgan fingerprint density at radius 1 is 1.35 bits per heavy atom. The fourth-order valence-electron chi connectivity index (χ4n) is 1.55. The molecule has 1 fully saturated rings. The lowest BCUT2D eigenvalue weighted by Gasteiger charge is -2.28. The zero-order valence-electron chi connectivity index (χ0n) is 11.8. The molecule has 1 rings (SSSR count). The van der Waals surface area contributed by atoms with Crippen molar-refractivity contribution in [3.05, 3.63) is 0 Å². The van der Waals surface area contributed by atoms with Crippen LogP contribution in [-0.2, 0) is 14.2 Å². The highest BCUT2D eigenvalue weighted by Gasteiger charge is 2.26. The Kier molecular flexibility index (Phi) is 9.24. The highest BCUT2D eigenvalue weighted by Crippen LogP contribution is 2.16. The molecule has 1 N–H and O–H groups in total. The number of halogens is 1. The van der Waals surface area contributed by atoms with Gasteiger partial charge in [0.2, 0.25) is 5.79 Å². The second kappa shape index (κ2) is 10.4. The summed E-state index contributed by atoms with van der Waals surface area (Å²) in [7, 11) is 0. The van der Waals surface area contributed by atoms with Gasteiger partial charge in [-0.15, -0.1) is 0 Å². The molecule has 4 nitrogen and oxygen atoms in total. The molecule has 0 saturated carbocycles. The molecule has 0 amide bonds. The van der Waals surface area contributed by atoms with Gasteiger partial charge in [-0.3, -0.25) is 0 Å². The van der Waals surface area contributed by atoms with Crippen LogP contribution >= 0.6 is 22.6 Å². The highest BCUT2D eigenvalue weighted by atomic mass is 127. The van der Waals surface area contributed by atoms with E-state index in [1.54, 1.807) is 6.92 Å². The third-order valence-electron chi connectivity index (χ3n) is 2.62. The SMILES string of the molecule is CC1(C#CC#CC(CCI)OCCCO)OCCCO1. The summed E-state index contributed by atoms with van der Waals surface area (Å²) in [5.41, 5.74) is 0. The van der Waals surface area contributed by atoms with Gasteiger partial charge in [0.25, 0.3) is 0 Å². The molecule has 1 saturated heterocycles. The van der Waals surface area contributed by atoms with Crippen LogP contribution in [0, 0.1) is 23.7 Å². The maximum Gasteiger partial charge on any atom is 0.231 e. The average molecular weight is 392 g/mol. The molecule has 0 radical (unpaired) electrons. The third kappa shape index (κ3) is 7.47. The number of hydrogen-bond donors (Lipinski definition) is 1. The van der Waals surface area contributed by atoms with Crippen molar-refractivity contribution >= 4 is 22.6 Å². The van der Waals surface area contributed by atoms with Gasteiger partial charge >= 0.3 is 0 Å². The van der Waals surface area contributed by atoms with E-state index in [4.69, 9.17) is 19.3 Å². The van der Waals surface area contributed by atoms with Gasteiger partial charge in [0.05, 0.1) is 19.8 Å². The van der Waals surface area contributed by atoms with Crippen molar-refractivity contribution in [1.82, 2.24) is 0 Å². The van der Waals surface area contributed by atoms with Crippen molar-refractivity contribution in [2.24, 2.45) is 0 Å². The summed E-state index contributed by atoms with van der Waals surface area (Å²) in [5.74, 6) is 10.7. The molecule has 1 aliphatic heterocycles. The highest BCUT2D eigenvalue weighted by molar-refractivity contribution is 14.1. The second-order valence-corrected chi connectivity index (χ2v) is 5.51. The Labute approximate surface area is 134 Å². The van der Waals surface area contributed by atoms with Gasteiger partial charge in [-0.05, 0) is 37.0 Å². The normalized spacial score (nSPS) is 18.4. The summed E-state index contributed by atoms with van der Waals surface area (Å²) >= 11 is 2.29. The number of ether oxygens (including phenoxy) is 3. The second-order valence-electron chi connectivity index (χ2n) is 4.43. The van der Waals surface area contributed by atoms with Gasteiger partial charge in [-0.25, -0.2) is 0 Å². The summed E-state index contributed by atoms with van der Waals surface area (Å²) in [6, 6.07) is 0. The van der Waals surface area contributed by atoms with Crippen molar-refractivity contribution in [3.8, 4) is 23.7 Å². The maximum absolute atomic E-state index is 8.73. The largest absolute Gasteiger partial charge is 0.396 e. The van der Waals surface area contributed by atoms with E-state index in [9.17, 15) is 0 Å². The number of aliphatic hydroxyl groups is 1. The van der Waals surface area contributed by atoms with E-state index in [-0.39, 0.29) is 12.7 Å². The minimum atomic E-state index is -0.830. The van der Waals surface area contributed by atoms with Crippen LogP contribution in [0.25, 0.3) is 0 Å². The van der Waals surface area contributed by atoms with E-state index in [2.05, 4.69) is 46.3 Å². The van der Waals surface area contributed by atoms with E-state index in [1.807, 2.05) is 0 Å². The summed E-state index contributed by atoms with van der Waals surface area (Å²) in [4.78, 5) is 0. The maximum atomic E-state index is 8.73. The minimum absolute atomic E-state index is 0.131. The fraction of sp³-hybridized carbons (Fsp3) is 0.733. The molecule has 0 aliphatic carbocycles. The Morgan fingerprint density at radius 2 is 2.10 bits per heavy atom. The van der Waals surface area contributed by atoms with Gasteiger partial charge in [0.15, 0.2) is 0 Å². The first-order valence-corrected chi connectivity index (χ1v) is 8.32. The lowest BCUT2D eigenvalue weighted by atomic mass is 10.2. The number of aliphatic hydroxyl groups excluding tert-OH is 1. The first kappa shape index (κ1) is 17.7. The third-order valence-corrected chi connectivity index (χ3v) is 3.24. The molecule has 5 heteroatoms. The Bertz CT molecular complexity index is 382. The minimum Gasteiger partial charge on any atom is -0.396 e. The first-order chi connectivity index (χ1) is 9.70. The molecular weight excluding hydrogens is 371 g/mol. The summed E-state index contributed by atoms with van der Waals surface area (Å²) in [6.45, 7) is 3.79. The number of alkyl halides is 1. The molecule has 0 aromatic carbocycles. The quantitative estimate of drug-likeness (QED) is 0.324. The molecule has 112 valence electrons. The van der Waals surface area contributed by atoms with Crippen molar-refractivity contribution in [2.45, 2.75) is 38.1 Å². The van der Waals surface area contributed by atoms with E-state index in [1.165, 1.54) is 0 Å². The van der Waals surface area contributed by atoms with Crippen molar-refractivity contribution in [2.75, 3.05) is 30.9 Å². The topological polar surface area (TPSA) is 47.9 Å². The lowest BCUT2D eigenvalue weighted by molar-refractivity contribution is -0.218. The molecular formula is C15H21IO4. The van der Waals surface area contributed by atoms with Crippen molar-refractivity contribution in [1.29, 1.82) is 0 Å². The first-order valence-electron chi connectivity index (χ1n) is 6.79. The standard InChI is InChI=1S/C15H21IO4/c1-15(19-12-5-13-20-15)8-3-2-6-14(7-9-16)18-11-4-10-17/h14,17H,4-5,7,9-13H2,1H3. The molecule has 1 atom stereocenters. The van der Waals surface area contributed by atoms with Crippen LogP contribution in [0.2, 0.25) is 0 Å². The van der Waals surface area contributed by atoms with E-state index in [0.717, 1.165) is 17.3 Å². The van der Waals surface area contributed by atoms with Crippen LogP contribution in [0.1, 0.15) is 26.2 Å². The monoisotopic (exact) mass is 392 g/mol. The van der Waals surface area contributed by atoms with Gasteiger partial charge in [-0.1, -0.05) is 28.5 Å². The van der Waals surface area contributed by atoms with Crippen LogP contribution in [0.5, 0.6) is 0 Å². The number of rotatable bonds is 6. The van der Waals surface area contributed by atoms with Gasteiger partial charge in [-0.2, -0.15) is 0 Å². The Morgan fingerprint density at radius 3 is 2.75 bits per heavy atom. The van der Waals surface area contributed by atoms with Crippen LogP contribution in [0.15, 0.2) is 0 Å². The Hall–Kier alpha value is -0.310. The zero-order chi connectivity index (χ0) is 14.7. The predicted molar refractivity (Wildman–Crippen MR) is 85.4 cm³/mol. The molecule has 0 aromatic rings. The molecule has 20 heavy (non-hydrogen) atoms. The number of hydrogen-bond acceptors (Lipinski definition) is 4. The summed E-state index contributed by atoms with van der Waals surface area (Å²) < 4.78 is 17.5. The summed E-state index contributed by atoms with van der Waals surface area (Å²) in [5, 5.41) is 8.73. The predicted octanol–water partition coefficient (Wildman–Crippen LogP) is 1.74. The van der Waals surface area contributed by atoms with Crippen LogP contribution < -0.4 is 0 Å². The van der Waals surface area contributed by atoms with E-state index in [0.29, 0.717) is 26.2 Å². The van der Waals surface area contributed by atoms with Gasteiger partial charge in [0, 0.05) is 18.0 Å². The smallest absolute Gasteiger partial charge is 0.231 e. The zero-order valence-corrected chi connectivity index (χ0v) is 13.9. The van der Waals surface area contributed by atoms with Crippen LogP contribution in [-0.4, -0.2) is 47.9 Å². The molecule has 1 aliphatic rings. The van der Waals surface area contributed by atoms with Crippen molar-refractivity contribution < 1.29 is 19.3 Å². The Balaban J connectivity index is 2.47. The fourth-order valence-corrected chi connectivity index (χ4v) is 2.12. The lowest BCUT2D eigenvalue weighted by Crippen LogP contribution is -2.35. The molecule has 0 spiro atoms. The van der Waals surface area contributed by atoms with Crippen LogP contribution in [0.3, 0.4) is 0 Å². The molecule has 1 heterocycles. The van der Waals surface area contributed by atoms with Crippen LogP contribution in [0.4, 0.5) is 0 Å². The van der Waals surface area contributed by atoms with Crippen molar-refractivity contribution in [3.63, 3.8) is 0 Å². The molecule has 0 aromatic heterocycles. The van der Waals surface area contributed by atoms with Gasteiger partial charge < -0.3 is 19.3 Å². The molecule has 0 bridgehead atoms.